The highest BCUT2D eigenvalue weighted by Crippen LogP contribution is 2.37. The van der Waals surface area contributed by atoms with E-state index < -0.39 is 5.60 Å². The zero-order chi connectivity index (χ0) is 55.2. The van der Waals surface area contributed by atoms with Gasteiger partial charge in [-0.1, -0.05) is 73.1 Å². The molecule has 0 radical (unpaired) electrons. The molecule has 18 nitrogen and oxygen atoms in total. The zero-order valence-corrected chi connectivity index (χ0v) is 45.9. The Morgan fingerprint density at radius 3 is 1.30 bits per heavy atom. The number of oxime groups is 4. The number of aliphatic hydroxyl groups is 1. The predicted octanol–water partition coefficient (Wildman–Crippen LogP) is 11.2. The number of allylic oxidation sites excluding steroid dienone is 2. The van der Waals surface area contributed by atoms with Crippen LogP contribution < -0.4 is 37.9 Å². The van der Waals surface area contributed by atoms with Gasteiger partial charge in [0, 0.05) is 41.5 Å². The molecule has 4 aliphatic heterocycles. The van der Waals surface area contributed by atoms with Gasteiger partial charge in [0.1, 0.15) is 5.60 Å². The molecule has 2 N–H and O–H groups in total. The maximum absolute atomic E-state index is 9.42. The van der Waals surface area contributed by atoms with Gasteiger partial charge in [0.2, 0.25) is 0 Å². The van der Waals surface area contributed by atoms with Crippen LogP contribution in [0.2, 0.25) is 0 Å². The first-order valence-corrected chi connectivity index (χ1v) is 24.4. The second-order valence-corrected chi connectivity index (χ2v) is 17.9. The summed E-state index contributed by atoms with van der Waals surface area (Å²) in [6.07, 6.45) is 6.19. The molecule has 18 heteroatoms. The Morgan fingerprint density at radius 1 is 0.579 bits per heavy atom. The summed E-state index contributed by atoms with van der Waals surface area (Å²) in [6.45, 7) is 18.9. The molecule has 2 unspecified atom stereocenters. The summed E-state index contributed by atoms with van der Waals surface area (Å²) >= 11 is 0. The summed E-state index contributed by atoms with van der Waals surface area (Å²) in [7, 11) is 12.8. The Bertz CT molecular complexity index is 2560. The summed E-state index contributed by atoms with van der Waals surface area (Å²) in [5, 5.41) is 33.1. The molecular formula is C58H80N4O14. The van der Waals surface area contributed by atoms with Crippen LogP contribution in [0.4, 0.5) is 0 Å². The normalized spacial score (nSPS) is 18.0. The van der Waals surface area contributed by atoms with Gasteiger partial charge in [-0.25, -0.2) is 0 Å². The van der Waals surface area contributed by atoms with E-state index in [0.717, 1.165) is 82.0 Å². The van der Waals surface area contributed by atoms with Crippen LogP contribution in [0.25, 0.3) is 0 Å². The fourth-order valence-corrected chi connectivity index (χ4v) is 7.50. The van der Waals surface area contributed by atoms with Crippen molar-refractivity contribution in [1.29, 1.82) is 0 Å². The summed E-state index contributed by atoms with van der Waals surface area (Å²) in [4.78, 5) is 16.4. The molecule has 8 rings (SSSR count). The maximum atomic E-state index is 9.42. The van der Waals surface area contributed by atoms with E-state index >= 15 is 0 Å². The topological polar surface area (TPSA) is 201 Å². The largest absolute Gasteiger partial charge is 0.493 e. The Balaban J connectivity index is 0.000000257. The molecule has 0 aromatic heterocycles. The molecule has 1 saturated heterocycles. The predicted molar refractivity (Wildman–Crippen MR) is 298 cm³/mol. The molecule has 1 fully saturated rings. The second-order valence-electron chi connectivity index (χ2n) is 17.9. The van der Waals surface area contributed by atoms with Gasteiger partial charge < -0.3 is 67.5 Å². The third-order valence-electron chi connectivity index (χ3n) is 12.8. The van der Waals surface area contributed by atoms with E-state index in [1.807, 2.05) is 68.4 Å². The molecule has 416 valence electrons. The number of ether oxygens (including phenoxy) is 9. The fourth-order valence-electron chi connectivity index (χ4n) is 7.50. The molecule has 1 spiro atoms. The number of nitrogens with zero attached hydrogens (tertiary/aromatic N) is 4. The van der Waals surface area contributed by atoms with Crippen molar-refractivity contribution in [3.63, 3.8) is 0 Å². The van der Waals surface area contributed by atoms with Gasteiger partial charge in [-0.2, -0.15) is 0 Å². The van der Waals surface area contributed by atoms with Crippen molar-refractivity contribution in [2.24, 2.45) is 20.6 Å². The van der Waals surface area contributed by atoms with Gasteiger partial charge in [0.05, 0.1) is 100 Å². The maximum Gasteiger partial charge on any atom is 0.189 e. The van der Waals surface area contributed by atoms with Gasteiger partial charge in [0.15, 0.2) is 57.2 Å². The van der Waals surface area contributed by atoms with Crippen molar-refractivity contribution in [3.05, 3.63) is 119 Å². The van der Waals surface area contributed by atoms with Crippen molar-refractivity contribution < 1.29 is 67.5 Å². The van der Waals surface area contributed by atoms with Crippen LogP contribution in [0.5, 0.6) is 46.0 Å². The molecule has 4 aromatic rings. The summed E-state index contributed by atoms with van der Waals surface area (Å²) in [5.74, 6) is 5.43. The first-order chi connectivity index (χ1) is 36.0. The first kappa shape index (κ1) is 62.9. The number of aliphatic hydroxyl groups excluding tert-OH is 1. The van der Waals surface area contributed by atoms with Gasteiger partial charge in [0.25, 0.3) is 0 Å². The molecule has 76 heavy (non-hydrogen) atoms. The monoisotopic (exact) mass is 1060 g/mol. The van der Waals surface area contributed by atoms with E-state index in [4.69, 9.17) is 62.4 Å². The van der Waals surface area contributed by atoms with E-state index in [2.05, 4.69) is 54.6 Å². The number of methoxy groups -OCH3 is 8. The van der Waals surface area contributed by atoms with E-state index in [-0.39, 0.29) is 25.2 Å². The van der Waals surface area contributed by atoms with Crippen LogP contribution in [-0.4, -0.2) is 127 Å². The summed E-state index contributed by atoms with van der Waals surface area (Å²) in [5.41, 5.74) is 7.66. The lowest BCUT2D eigenvalue weighted by Gasteiger charge is -2.34. The van der Waals surface area contributed by atoms with Crippen LogP contribution in [0, 0.1) is 0 Å². The van der Waals surface area contributed by atoms with E-state index in [1.165, 1.54) is 6.21 Å². The Labute approximate surface area is 449 Å². The Morgan fingerprint density at radius 2 is 0.987 bits per heavy atom. The second kappa shape index (κ2) is 30.2. The number of hydrogen-bond donors (Lipinski definition) is 2. The number of rotatable bonds is 17. The average Bonchev–Trinajstić information content (AvgIpc) is 4.21. The average molecular weight is 1060 g/mol. The molecule has 4 heterocycles. The van der Waals surface area contributed by atoms with Crippen LogP contribution in [-0.2, 0) is 19.2 Å². The van der Waals surface area contributed by atoms with Crippen molar-refractivity contribution in [1.82, 2.24) is 0 Å². The highest BCUT2D eigenvalue weighted by Gasteiger charge is 2.47. The molecule has 0 amide bonds. The first-order valence-electron chi connectivity index (χ1n) is 24.4. The summed E-state index contributed by atoms with van der Waals surface area (Å²) in [6, 6.07) is 22.4. The SMILES string of the molecule is C.C=C(C)C(=C)CC.CCC1(C)CC(c2ccc(OC)c(OC)c2)=NO1.CCC1(CO)CC(c2ccc(OC)c(OC)c2)=NO1.COc1ccc(/C=N/O)cc1OC.COc1ccc(C2=NOC3(COC3)C2)cc1OC. The highest BCUT2D eigenvalue weighted by atomic mass is 16.7. The minimum Gasteiger partial charge on any atom is -0.493 e. The minimum absolute atomic E-state index is 0. The third-order valence-corrected chi connectivity index (χ3v) is 12.8. The van der Waals surface area contributed by atoms with Crippen LogP contribution in [0.3, 0.4) is 0 Å². The van der Waals surface area contributed by atoms with E-state index in [9.17, 15) is 5.11 Å². The molecule has 0 bridgehead atoms. The van der Waals surface area contributed by atoms with E-state index in [1.54, 1.807) is 75.1 Å². The Hall–Kier alpha value is -7.44. The quantitative estimate of drug-likeness (QED) is 0.0438. The molecule has 4 aromatic carbocycles. The van der Waals surface area contributed by atoms with Crippen LogP contribution >= 0.6 is 0 Å². The lowest BCUT2D eigenvalue weighted by molar-refractivity contribution is -0.194. The van der Waals surface area contributed by atoms with Gasteiger partial charge in [-0.05, 0) is 106 Å². The van der Waals surface area contributed by atoms with Crippen LogP contribution in [0.1, 0.15) is 103 Å². The number of benzene rings is 4. The lowest BCUT2D eigenvalue weighted by atomic mass is 9.92. The molecule has 0 aliphatic carbocycles. The standard InChI is InChI=1S/C14H19NO4.C14H19NO3.C13H15NO4.C9H11NO3.C7H12.CH4/c1-4-14(9-16)8-11(15-19-14)10-5-6-12(17-2)13(7-10)18-3;1-5-14(2)9-11(15-18-14)10-6-7-12(16-3)13(8-10)17-4;1-15-11-4-3-9(5-12(11)16-2)10-6-13(18-14-10)7-17-8-13;1-12-8-4-3-7(6-10-11)5-9(8)13-2;1-5-7(4)6(2)3;/h5-7,16H,4,8-9H2,1-3H3;6-8H,5,9H2,1-4H3;3-5H,6-8H2,1-2H3;3-6,11H,1-2H3;2,4-5H2,1,3H3;1H4/b;;;10-6+;;. The van der Waals surface area contributed by atoms with Gasteiger partial charge in [-0.15, -0.1) is 0 Å². The zero-order valence-electron chi connectivity index (χ0n) is 45.9. The Kier molecular flexibility index (Phi) is 25.0. The highest BCUT2D eigenvalue weighted by molar-refractivity contribution is 6.03. The third kappa shape index (κ3) is 16.5. The van der Waals surface area contributed by atoms with Crippen molar-refractivity contribution in [2.45, 2.75) is 97.4 Å². The fraction of sp³-hybridized carbons (Fsp3) is 0.448. The smallest absolute Gasteiger partial charge is 0.189 e. The molecule has 2 atom stereocenters. The minimum atomic E-state index is -0.581. The van der Waals surface area contributed by atoms with Crippen LogP contribution in [0.15, 0.2) is 118 Å². The molecule has 0 saturated carbocycles. The van der Waals surface area contributed by atoms with Gasteiger partial charge in [-0.3, -0.25) is 0 Å². The van der Waals surface area contributed by atoms with Crippen molar-refractivity contribution in [2.75, 3.05) is 76.7 Å². The lowest BCUT2D eigenvalue weighted by Crippen LogP contribution is -2.49. The van der Waals surface area contributed by atoms with Crippen molar-refractivity contribution in [3.8, 4) is 46.0 Å². The molecular weight excluding hydrogens is 977 g/mol. The van der Waals surface area contributed by atoms with Crippen molar-refractivity contribution >= 4 is 23.3 Å². The number of hydrogen-bond acceptors (Lipinski definition) is 18. The van der Waals surface area contributed by atoms with E-state index in [0.29, 0.717) is 66.3 Å². The molecule has 4 aliphatic rings. The summed E-state index contributed by atoms with van der Waals surface area (Å²) < 4.78 is 46.8. The van der Waals surface area contributed by atoms with Gasteiger partial charge >= 0.3 is 0 Å².